The number of carbonyl (C=O) groups is 1. The maximum absolute atomic E-state index is 12.5. The summed E-state index contributed by atoms with van der Waals surface area (Å²) in [5.74, 6) is 0.504. The number of amides is 1. The van der Waals surface area contributed by atoms with Crippen LogP contribution in [0.3, 0.4) is 0 Å². The fraction of sp³-hybridized carbons (Fsp3) is 0.538. The van der Waals surface area contributed by atoms with Gasteiger partial charge < -0.3 is 15.0 Å². The number of pyridine rings is 1. The number of ether oxygens (including phenoxy) is 1. The van der Waals surface area contributed by atoms with Crippen LogP contribution in [0.1, 0.15) is 24.2 Å². The number of halogens is 1. The molecule has 0 aromatic carbocycles. The second-order valence-electron chi connectivity index (χ2n) is 5.13. The molecule has 0 aliphatic carbocycles. The van der Waals surface area contributed by atoms with E-state index in [9.17, 15) is 4.79 Å². The molecule has 104 valence electrons. The van der Waals surface area contributed by atoms with Gasteiger partial charge in [-0.3, -0.25) is 4.79 Å². The summed E-state index contributed by atoms with van der Waals surface area (Å²) in [6.07, 6.45) is 1.55. The smallest absolute Gasteiger partial charge is 0.256 e. The van der Waals surface area contributed by atoms with E-state index in [2.05, 4.69) is 10.3 Å². The largest absolute Gasteiger partial charge is 0.377 e. The van der Waals surface area contributed by atoms with E-state index in [4.69, 9.17) is 16.3 Å². The van der Waals surface area contributed by atoms with Crippen LogP contribution in [-0.4, -0.2) is 48.1 Å². The molecular weight excluding hydrogens is 266 g/mol. The van der Waals surface area contributed by atoms with Crippen molar-refractivity contribution >= 4 is 23.3 Å². The van der Waals surface area contributed by atoms with Crippen LogP contribution in [-0.2, 0) is 4.74 Å². The molecule has 2 heterocycles. The minimum absolute atomic E-state index is 0.0645. The summed E-state index contributed by atoms with van der Waals surface area (Å²) in [7, 11) is 1.74. The van der Waals surface area contributed by atoms with Crippen LogP contribution in [0.4, 0.5) is 5.82 Å². The molecule has 19 heavy (non-hydrogen) atoms. The second-order valence-corrected chi connectivity index (χ2v) is 5.53. The summed E-state index contributed by atoms with van der Waals surface area (Å²) in [6.45, 7) is 5.65. The van der Waals surface area contributed by atoms with Crippen molar-refractivity contribution in [1.82, 2.24) is 9.88 Å². The lowest BCUT2D eigenvalue weighted by Crippen LogP contribution is -2.55. The molecule has 0 spiro atoms. The first-order valence-corrected chi connectivity index (χ1v) is 6.56. The number of anilines is 1. The molecule has 0 atom stereocenters. The minimum atomic E-state index is -0.316. The van der Waals surface area contributed by atoms with Gasteiger partial charge in [0.25, 0.3) is 5.91 Å². The molecule has 5 nitrogen and oxygen atoms in total. The maximum atomic E-state index is 12.5. The van der Waals surface area contributed by atoms with Crippen molar-refractivity contribution in [2.45, 2.75) is 19.4 Å². The number of morpholine rings is 1. The Labute approximate surface area is 117 Å². The molecule has 0 unspecified atom stereocenters. The van der Waals surface area contributed by atoms with Crippen molar-refractivity contribution in [3.8, 4) is 0 Å². The van der Waals surface area contributed by atoms with Gasteiger partial charge in [0.05, 0.1) is 29.3 Å². The Kier molecular flexibility index (Phi) is 3.96. The van der Waals surface area contributed by atoms with Crippen LogP contribution in [0.25, 0.3) is 0 Å². The number of hydrogen-bond acceptors (Lipinski definition) is 4. The number of rotatable bonds is 2. The molecule has 2 rings (SSSR count). The number of aromatic nitrogens is 1. The first kappa shape index (κ1) is 14.1. The van der Waals surface area contributed by atoms with Gasteiger partial charge in [-0.2, -0.15) is 0 Å². The van der Waals surface area contributed by atoms with E-state index in [1.807, 2.05) is 18.7 Å². The Hall–Kier alpha value is -1.33. The predicted molar refractivity (Wildman–Crippen MR) is 74.7 cm³/mol. The third kappa shape index (κ3) is 2.82. The predicted octanol–water partition coefficient (Wildman–Crippen LogP) is 2.03. The van der Waals surface area contributed by atoms with Crippen molar-refractivity contribution in [1.29, 1.82) is 0 Å². The maximum Gasteiger partial charge on any atom is 0.256 e. The van der Waals surface area contributed by atoms with Crippen LogP contribution in [0.5, 0.6) is 0 Å². The third-order valence-electron chi connectivity index (χ3n) is 3.22. The number of nitrogens with one attached hydrogen (secondary N) is 1. The quantitative estimate of drug-likeness (QED) is 0.902. The van der Waals surface area contributed by atoms with Gasteiger partial charge in [0.15, 0.2) is 0 Å². The van der Waals surface area contributed by atoms with E-state index in [1.165, 1.54) is 0 Å². The lowest BCUT2D eigenvalue weighted by atomic mass is 10.0. The first-order valence-electron chi connectivity index (χ1n) is 6.19. The van der Waals surface area contributed by atoms with Crippen LogP contribution in [0.15, 0.2) is 12.3 Å². The van der Waals surface area contributed by atoms with E-state index in [0.29, 0.717) is 36.2 Å². The van der Waals surface area contributed by atoms with E-state index in [-0.39, 0.29) is 11.4 Å². The standard InChI is InChI=1S/C13H18ClN3O2/c1-13(2)8-19-5-4-17(13)12(18)9-6-10(14)11(15-3)16-7-9/h6-7H,4-5,8H2,1-3H3,(H,15,16). The third-order valence-corrected chi connectivity index (χ3v) is 3.50. The monoisotopic (exact) mass is 283 g/mol. The fourth-order valence-corrected chi connectivity index (χ4v) is 2.39. The average molecular weight is 284 g/mol. The zero-order valence-electron chi connectivity index (χ0n) is 11.4. The number of hydrogen-bond donors (Lipinski definition) is 1. The summed E-state index contributed by atoms with van der Waals surface area (Å²) in [5.41, 5.74) is 0.183. The fourth-order valence-electron chi connectivity index (χ4n) is 2.13. The topological polar surface area (TPSA) is 54.5 Å². The summed E-state index contributed by atoms with van der Waals surface area (Å²) < 4.78 is 5.42. The second kappa shape index (κ2) is 5.35. The van der Waals surface area contributed by atoms with E-state index in [1.54, 1.807) is 19.3 Å². The van der Waals surface area contributed by atoms with E-state index < -0.39 is 0 Å². The van der Waals surface area contributed by atoms with Gasteiger partial charge >= 0.3 is 0 Å². The van der Waals surface area contributed by atoms with Crippen molar-refractivity contribution in [3.05, 3.63) is 22.8 Å². The molecule has 6 heteroatoms. The highest BCUT2D eigenvalue weighted by molar-refractivity contribution is 6.33. The van der Waals surface area contributed by atoms with Gasteiger partial charge in [0, 0.05) is 19.8 Å². The highest BCUT2D eigenvalue weighted by Crippen LogP contribution is 2.24. The normalized spacial score (nSPS) is 18.2. The Balaban J connectivity index is 2.26. The zero-order chi connectivity index (χ0) is 14.0. The molecule has 0 bridgehead atoms. The van der Waals surface area contributed by atoms with Crippen LogP contribution in [0, 0.1) is 0 Å². The molecule has 1 aromatic heterocycles. The molecule has 1 amide bonds. The van der Waals surface area contributed by atoms with E-state index >= 15 is 0 Å². The van der Waals surface area contributed by atoms with Gasteiger partial charge in [-0.25, -0.2) is 4.98 Å². The van der Waals surface area contributed by atoms with E-state index in [0.717, 1.165) is 0 Å². The Bertz CT molecular complexity index is 491. The van der Waals surface area contributed by atoms with Gasteiger partial charge in [0.2, 0.25) is 0 Å². The van der Waals surface area contributed by atoms with Gasteiger partial charge in [-0.15, -0.1) is 0 Å². The van der Waals surface area contributed by atoms with Crippen molar-refractivity contribution < 1.29 is 9.53 Å². The number of nitrogens with zero attached hydrogens (tertiary/aromatic N) is 2. The van der Waals surface area contributed by atoms with Crippen molar-refractivity contribution in [2.75, 3.05) is 32.1 Å². The molecule has 1 aliphatic rings. The SMILES string of the molecule is CNc1ncc(C(=O)N2CCOCC2(C)C)cc1Cl. The highest BCUT2D eigenvalue weighted by atomic mass is 35.5. The van der Waals surface area contributed by atoms with Gasteiger partial charge in [-0.1, -0.05) is 11.6 Å². The summed E-state index contributed by atoms with van der Waals surface area (Å²) in [6, 6.07) is 1.65. The molecule has 1 saturated heterocycles. The molecule has 0 saturated carbocycles. The molecule has 1 fully saturated rings. The van der Waals surface area contributed by atoms with Crippen LogP contribution < -0.4 is 5.32 Å². The Morgan fingerprint density at radius 2 is 2.32 bits per heavy atom. The molecular formula is C13H18ClN3O2. The van der Waals surface area contributed by atoms with Crippen molar-refractivity contribution in [2.24, 2.45) is 0 Å². The molecule has 1 aliphatic heterocycles. The zero-order valence-corrected chi connectivity index (χ0v) is 12.1. The Morgan fingerprint density at radius 3 is 2.89 bits per heavy atom. The molecule has 0 radical (unpaired) electrons. The van der Waals surface area contributed by atoms with Crippen LogP contribution in [0.2, 0.25) is 5.02 Å². The summed E-state index contributed by atoms with van der Waals surface area (Å²) in [5, 5.41) is 3.31. The molecule has 1 N–H and O–H groups in total. The highest BCUT2D eigenvalue weighted by Gasteiger charge is 2.34. The number of carbonyl (C=O) groups excluding carboxylic acids is 1. The lowest BCUT2D eigenvalue weighted by Gasteiger charge is -2.42. The van der Waals surface area contributed by atoms with Gasteiger partial charge in [0.1, 0.15) is 5.82 Å². The Morgan fingerprint density at radius 1 is 1.58 bits per heavy atom. The van der Waals surface area contributed by atoms with Crippen LogP contribution >= 0.6 is 11.6 Å². The lowest BCUT2D eigenvalue weighted by molar-refractivity contribution is -0.0370. The summed E-state index contributed by atoms with van der Waals surface area (Å²) in [4.78, 5) is 18.5. The van der Waals surface area contributed by atoms with Crippen molar-refractivity contribution in [3.63, 3.8) is 0 Å². The summed E-state index contributed by atoms with van der Waals surface area (Å²) >= 11 is 6.06. The van der Waals surface area contributed by atoms with Gasteiger partial charge in [-0.05, 0) is 19.9 Å². The minimum Gasteiger partial charge on any atom is -0.377 e. The molecule has 1 aromatic rings. The average Bonchev–Trinajstić information content (AvgIpc) is 2.37. The first-order chi connectivity index (χ1) is 8.95.